The molecule has 4 heteroatoms. The van der Waals surface area contributed by atoms with Gasteiger partial charge in [0.05, 0.1) is 5.56 Å². The molecule has 0 heterocycles. The van der Waals surface area contributed by atoms with Crippen LogP contribution in [0.1, 0.15) is 30.1 Å². The van der Waals surface area contributed by atoms with E-state index in [9.17, 15) is 9.90 Å². The molecule has 0 saturated heterocycles. The van der Waals surface area contributed by atoms with Crippen molar-refractivity contribution in [2.24, 2.45) is 5.92 Å². The summed E-state index contributed by atoms with van der Waals surface area (Å²) in [4.78, 5) is 12.1. The van der Waals surface area contributed by atoms with Gasteiger partial charge in [-0.2, -0.15) is 0 Å². The maximum absolute atomic E-state index is 12.1. The van der Waals surface area contributed by atoms with Crippen LogP contribution < -0.4 is 5.32 Å². The molecule has 1 amide bonds. The lowest BCUT2D eigenvalue weighted by molar-refractivity contribution is 0.0950. The van der Waals surface area contributed by atoms with Crippen molar-refractivity contribution >= 4 is 32.6 Å². The van der Waals surface area contributed by atoms with Crippen LogP contribution in [0, 0.1) is 5.92 Å². The van der Waals surface area contributed by atoms with Crippen molar-refractivity contribution in [3.63, 3.8) is 0 Å². The lowest BCUT2D eigenvalue weighted by atomic mass is 10.0. The molecule has 2 aromatic carbocycles. The van der Waals surface area contributed by atoms with Gasteiger partial charge in [0.25, 0.3) is 5.91 Å². The summed E-state index contributed by atoms with van der Waals surface area (Å²) in [5.74, 6) is 0.445. The van der Waals surface area contributed by atoms with E-state index in [0.717, 1.165) is 23.6 Å². The number of aromatic hydroxyl groups is 1. The van der Waals surface area contributed by atoms with Crippen molar-refractivity contribution in [3.05, 3.63) is 42.0 Å². The van der Waals surface area contributed by atoms with Gasteiger partial charge in [-0.05, 0) is 30.2 Å². The summed E-state index contributed by atoms with van der Waals surface area (Å²) in [6.45, 7) is 2.80. The molecule has 2 N–H and O–H groups in total. The van der Waals surface area contributed by atoms with Gasteiger partial charge >= 0.3 is 0 Å². The van der Waals surface area contributed by atoms with Crippen LogP contribution in [0.3, 0.4) is 0 Å². The highest BCUT2D eigenvalue weighted by molar-refractivity contribution is 9.09. The average Bonchev–Trinajstić information content (AvgIpc) is 2.51. The number of carbonyl (C=O) groups is 1. The molecule has 112 valence electrons. The predicted molar refractivity (Wildman–Crippen MR) is 90.1 cm³/mol. The van der Waals surface area contributed by atoms with Crippen molar-refractivity contribution in [1.82, 2.24) is 5.32 Å². The zero-order valence-corrected chi connectivity index (χ0v) is 13.7. The number of fused-ring (bicyclic) bond motifs is 1. The number of phenolic OH excluding ortho intramolecular Hbond substituents is 1. The molecule has 0 aromatic heterocycles. The fraction of sp³-hybridized carbons (Fsp3) is 0.353. The van der Waals surface area contributed by atoms with Crippen molar-refractivity contribution in [2.75, 3.05) is 11.9 Å². The minimum absolute atomic E-state index is 0.0550. The largest absolute Gasteiger partial charge is 0.506 e. The molecule has 1 unspecified atom stereocenters. The maximum atomic E-state index is 12.1. The Kier molecular flexibility index (Phi) is 5.62. The Bertz CT molecular complexity index is 627. The molecule has 0 spiro atoms. The normalized spacial score (nSPS) is 12.3. The van der Waals surface area contributed by atoms with Gasteiger partial charge < -0.3 is 10.4 Å². The van der Waals surface area contributed by atoms with E-state index in [1.54, 1.807) is 6.07 Å². The number of hydrogen-bond acceptors (Lipinski definition) is 2. The van der Waals surface area contributed by atoms with E-state index >= 15 is 0 Å². The van der Waals surface area contributed by atoms with E-state index in [1.807, 2.05) is 30.3 Å². The molecule has 0 saturated carbocycles. The summed E-state index contributed by atoms with van der Waals surface area (Å²) in [6, 6.07) is 11.0. The van der Waals surface area contributed by atoms with Crippen LogP contribution in [-0.2, 0) is 0 Å². The molecule has 2 aromatic rings. The summed E-state index contributed by atoms with van der Waals surface area (Å²) < 4.78 is 0. The van der Waals surface area contributed by atoms with Gasteiger partial charge in [-0.25, -0.2) is 0 Å². The number of rotatable bonds is 6. The molecular weight excluding hydrogens is 330 g/mol. The Balaban J connectivity index is 2.01. The first-order chi connectivity index (χ1) is 10.1. The molecule has 2 rings (SSSR count). The maximum Gasteiger partial charge on any atom is 0.255 e. The van der Waals surface area contributed by atoms with Gasteiger partial charge in [-0.3, -0.25) is 4.79 Å². The van der Waals surface area contributed by atoms with Crippen LogP contribution in [-0.4, -0.2) is 22.9 Å². The molecule has 0 bridgehead atoms. The highest BCUT2D eigenvalue weighted by Crippen LogP contribution is 2.28. The van der Waals surface area contributed by atoms with Gasteiger partial charge in [-0.15, -0.1) is 0 Å². The van der Waals surface area contributed by atoms with E-state index in [1.165, 1.54) is 0 Å². The Hall–Kier alpha value is -1.55. The average molecular weight is 350 g/mol. The lowest BCUT2D eigenvalue weighted by Crippen LogP contribution is -2.24. The van der Waals surface area contributed by atoms with E-state index < -0.39 is 0 Å². The first kappa shape index (κ1) is 15.8. The minimum Gasteiger partial charge on any atom is -0.506 e. The predicted octanol–water partition coefficient (Wildman–Crippen LogP) is 4.09. The second-order valence-corrected chi connectivity index (χ2v) is 5.99. The molecule has 0 aliphatic rings. The van der Waals surface area contributed by atoms with Crippen LogP contribution in [0.2, 0.25) is 0 Å². The summed E-state index contributed by atoms with van der Waals surface area (Å²) in [5.41, 5.74) is 0.335. The molecule has 0 aliphatic carbocycles. The quantitative estimate of drug-likeness (QED) is 0.609. The number of nitrogens with one attached hydrogen (secondary N) is 1. The Morgan fingerprint density at radius 3 is 2.81 bits per heavy atom. The third-order valence-corrected chi connectivity index (χ3v) is 4.67. The smallest absolute Gasteiger partial charge is 0.255 e. The van der Waals surface area contributed by atoms with E-state index in [-0.39, 0.29) is 11.7 Å². The zero-order valence-electron chi connectivity index (χ0n) is 12.1. The van der Waals surface area contributed by atoms with Gasteiger partial charge in [0.15, 0.2) is 0 Å². The SMILES string of the molecule is CC(CBr)CCCNC(=O)c1ccc2ccccc2c1O. The number of halogens is 1. The summed E-state index contributed by atoms with van der Waals surface area (Å²) in [5, 5.41) is 15.7. The van der Waals surface area contributed by atoms with Crippen molar-refractivity contribution < 1.29 is 9.90 Å². The van der Waals surface area contributed by atoms with Gasteiger partial charge in [0, 0.05) is 17.3 Å². The number of hydrogen-bond donors (Lipinski definition) is 2. The highest BCUT2D eigenvalue weighted by atomic mass is 79.9. The second-order valence-electron chi connectivity index (χ2n) is 5.34. The topological polar surface area (TPSA) is 49.3 Å². The molecule has 3 nitrogen and oxygen atoms in total. The van der Waals surface area contributed by atoms with Gasteiger partial charge in [0.2, 0.25) is 0 Å². The number of phenols is 1. The molecule has 1 atom stereocenters. The van der Waals surface area contributed by atoms with Crippen molar-refractivity contribution in [3.8, 4) is 5.75 Å². The number of amides is 1. The molecule has 0 radical (unpaired) electrons. The molecular formula is C17H20BrNO2. The van der Waals surface area contributed by atoms with Crippen LogP contribution in [0.5, 0.6) is 5.75 Å². The number of benzene rings is 2. The van der Waals surface area contributed by atoms with E-state index in [2.05, 4.69) is 28.2 Å². The van der Waals surface area contributed by atoms with Crippen LogP contribution >= 0.6 is 15.9 Å². The first-order valence-corrected chi connectivity index (χ1v) is 8.30. The third-order valence-electron chi connectivity index (χ3n) is 3.57. The summed E-state index contributed by atoms with van der Waals surface area (Å²) in [7, 11) is 0. The Morgan fingerprint density at radius 1 is 1.29 bits per heavy atom. The fourth-order valence-electron chi connectivity index (χ4n) is 2.26. The fourth-order valence-corrected chi connectivity index (χ4v) is 2.59. The van der Waals surface area contributed by atoms with Crippen molar-refractivity contribution in [2.45, 2.75) is 19.8 Å². The van der Waals surface area contributed by atoms with Gasteiger partial charge in [-0.1, -0.05) is 53.2 Å². The third kappa shape index (κ3) is 3.97. The summed E-state index contributed by atoms with van der Waals surface area (Å²) >= 11 is 3.44. The van der Waals surface area contributed by atoms with Crippen molar-refractivity contribution in [1.29, 1.82) is 0 Å². The van der Waals surface area contributed by atoms with Gasteiger partial charge in [0.1, 0.15) is 5.75 Å². The number of carbonyl (C=O) groups excluding carboxylic acids is 1. The standard InChI is InChI=1S/C17H20BrNO2/c1-12(11-18)5-4-10-19-17(21)15-9-8-13-6-2-3-7-14(13)16(15)20/h2-3,6-9,12,20H,4-5,10-11H2,1H3,(H,19,21). The molecule has 0 aliphatic heterocycles. The zero-order chi connectivity index (χ0) is 15.2. The molecule has 0 fully saturated rings. The van der Waals surface area contributed by atoms with E-state index in [0.29, 0.717) is 23.4 Å². The van der Waals surface area contributed by atoms with Crippen LogP contribution in [0.15, 0.2) is 36.4 Å². The Morgan fingerprint density at radius 2 is 2.05 bits per heavy atom. The first-order valence-electron chi connectivity index (χ1n) is 7.18. The second kappa shape index (κ2) is 7.46. The molecule has 21 heavy (non-hydrogen) atoms. The summed E-state index contributed by atoms with van der Waals surface area (Å²) in [6.07, 6.45) is 2.00. The highest BCUT2D eigenvalue weighted by Gasteiger charge is 2.13. The number of alkyl halides is 1. The Labute approximate surface area is 133 Å². The van der Waals surface area contributed by atoms with E-state index in [4.69, 9.17) is 0 Å². The minimum atomic E-state index is -0.218. The lowest BCUT2D eigenvalue weighted by Gasteiger charge is -2.10. The van der Waals surface area contributed by atoms with Crippen LogP contribution in [0.4, 0.5) is 0 Å². The van der Waals surface area contributed by atoms with Crippen LogP contribution in [0.25, 0.3) is 10.8 Å². The monoisotopic (exact) mass is 349 g/mol.